The SMILES string of the molecule is COc1ccccc1CC(=O)NCc1nc(-c2ccc(Cl)cc2)no1. The third-order valence-corrected chi connectivity index (χ3v) is 3.80. The van der Waals surface area contributed by atoms with Crippen molar-refractivity contribution in [1.82, 2.24) is 15.5 Å². The fraction of sp³-hybridized carbons (Fsp3) is 0.167. The van der Waals surface area contributed by atoms with E-state index in [0.717, 1.165) is 11.1 Å². The molecule has 0 saturated heterocycles. The summed E-state index contributed by atoms with van der Waals surface area (Å²) >= 11 is 5.86. The van der Waals surface area contributed by atoms with Crippen molar-refractivity contribution in [2.24, 2.45) is 0 Å². The average Bonchev–Trinajstić information content (AvgIpc) is 3.10. The Kier molecular flexibility index (Phi) is 5.30. The van der Waals surface area contributed by atoms with Gasteiger partial charge in [-0.05, 0) is 30.3 Å². The van der Waals surface area contributed by atoms with Crippen LogP contribution in [0.1, 0.15) is 11.5 Å². The molecule has 0 unspecified atom stereocenters. The Balaban J connectivity index is 1.58. The van der Waals surface area contributed by atoms with E-state index >= 15 is 0 Å². The molecular weight excluding hydrogens is 342 g/mol. The van der Waals surface area contributed by atoms with Crippen LogP contribution in [0.5, 0.6) is 5.75 Å². The molecule has 2 aromatic carbocycles. The van der Waals surface area contributed by atoms with E-state index in [9.17, 15) is 4.79 Å². The monoisotopic (exact) mass is 357 g/mol. The van der Waals surface area contributed by atoms with E-state index in [1.54, 1.807) is 31.4 Å². The first-order valence-corrected chi connectivity index (χ1v) is 8.00. The lowest BCUT2D eigenvalue weighted by molar-refractivity contribution is -0.120. The molecule has 1 amide bonds. The molecule has 0 saturated carbocycles. The lowest BCUT2D eigenvalue weighted by atomic mass is 10.1. The molecule has 0 fully saturated rings. The summed E-state index contributed by atoms with van der Waals surface area (Å²) in [5, 5.41) is 7.30. The predicted octanol–water partition coefficient (Wildman–Crippen LogP) is 3.26. The molecule has 25 heavy (non-hydrogen) atoms. The summed E-state index contributed by atoms with van der Waals surface area (Å²) in [5.41, 5.74) is 1.61. The molecule has 128 valence electrons. The first-order valence-electron chi connectivity index (χ1n) is 7.63. The number of rotatable bonds is 6. The third kappa shape index (κ3) is 4.36. The van der Waals surface area contributed by atoms with Gasteiger partial charge in [0.25, 0.3) is 0 Å². The van der Waals surface area contributed by atoms with Crippen LogP contribution in [0.25, 0.3) is 11.4 Å². The van der Waals surface area contributed by atoms with Gasteiger partial charge in [-0.25, -0.2) is 0 Å². The highest BCUT2D eigenvalue weighted by Crippen LogP contribution is 2.19. The molecule has 7 heteroatoms. The average molecular weight is 358 g/mol. The summed E-state index contributed by atoms with van der Waals surface area (Å²) < 4.78 is 10.4. The minimum Gasteiger partial charge on any atom is -0.496 e. The van der Waals surface area contributed by atoms with Crippen LogP contribution < -0.4 is 10.1 Å². The second kappa shape index (κ2) is 7.81. The maximum Gasteiger partial charge on any atom is 0.246 e. The Morgan fingerprint density at radius 1 is 1.20 bits per heavy atom. The number of carbonyl (C=O) groups excluding carboxylic acids is 1. The number of carbonyl (C=O) groups is 1. The summed E-state index contributed by atoms with van der Waals surface area (Å²) in [5.74, 6) is 1.31. The minimum atomic E-state index is -0.157. The highest BCUT2D eigenvalue weighted by atomic mass is 35.5. The summed E-state index contributed by atoms with van der Waals surface area (Å²) in [7, 11) is 1.58. The van der Waals surface area contributed by atoms with Gasteiger partial charge in [0.1, 0.15) is 5.75 Å². The van der Waals surface area contributed by atoms with E-state index < -0.39 is 0 Å². The van der Waals surface area contributed by atoms with Crippen molar-refractivity contribution < 1.29 is 14.1 Å². The first-order chi connectivity index (χ1) is 12.2. The Morgan fingerprint density at radius 2 is 1.96 bits per heavy atom. The minimum absolute atomic E-state index is 0.157. The second-order valence-corrected chi connectivity index (χ2v) is 5.72. The normalized spacial score (nSPS) is 10.5. The van der Waals surface area contributed by atoms with Crippen molar-refractivity contribution in [2.45, 2.75) is 13.0 Å². The molecule has 1 heterocycles. The number of halogens is 1. The molecule has 1 aromatic heterocycles. The van der Waals surface area contributed by atoms with Crippen molar-refractivity contribution in [3.63, 3.8) is 0 Å². The predicted molar refractivity (Wildman–Crippen MR) is 93.3 cm³/mol. The molecule has 0 aliphatic rings. The van der Waals surface area contributed by atoms with Gasteiger partial charge in [-0.1, -0.05) is 35.0 Å². The molecule has 0 radical (unpaired) electrons. The van der Waals surface area contributed by atoms with Gasteiger partial charge in [0, 0.05) is 16.1 Å². The molecule has 0 spiro atoms. The maximum atomic E-state index is 12.1. The zero-order valence-electron chi connectivity index (χ0n) is 13.5. The number of para-hydroxylation sites is 1. The highest BCUT2D eigenvalue weighted by molar-refractivity contribution is 6.30. The maximum absolute atomic E-state index is 12.1. The summed E-state index contributed by atoms with van der Waals surface area (Å²) in [6, 6.07) is 14.5. The zero-order chi connectivity index (χ0) is 17.6. The lowest BCUT2D eigenvalue weighted by Gasteiger charge is -2.07. The number of nitrogens with zero attached hydrogens (tertiary/aromatic N) is 2. The smallest absolute Gasteiger partial charge is 0.246 e. The number of hydrogen-bond acceptors (Lipinski definition) is 5. The summed E-state index contributed by atoms with van der Waals surface area (Å²) in [4.78, 5) is 16.4. The molecule has 3 aromatic rings. The van der Waals surface area contributed by atoms with Crippen molar-refractivity contribution in [1.29, 1.82) is 0 Å². The van der Waals surface area contributed by atoms with Gasteiger partial charge >= 0.3 is 0 Å². The number of hydrogen-bond donors (Lipinski definition) is 1. The van der Waals surface area contributed by atoms with Crippen molar-refractivity contribution >= 4 is 17.5 Å². The third-order valence-electron chi connectivity index (χ3n) is 3.55. The Hall–Kier alpha value is -2.86. The van der Waals surface area contributed by atoms with Crippen LogP contribution in [0.15, 0.2) is 53.1 Å². The number of benzene rings is 2. The van der Waals surface area contributed by atoms with Crippen molar-refractivity contribution in [3.8, 4) is 17.1 Å². The molecule has 6 nitrogen and oxygen atoms in total. The second-order valence-electron chi connectivity index (χ2n) is 5.28. The van der Waals surface area contributed by atoms with Crippen LogP contribution >= 0.6 is 11.6 Å². The number of aromatic nitrogens is 2. The Bertz CT molecular complexity index is 862. The number of ether oxygens (including phenoxy) is 1. The van der Waals surface area contributed by atoms with Crippen molar-refractivity contribution in [3.05, 3.63) is 65.0 Å². The van der Waals surface area contributed by atoms with Gasteiger partial charge in [-0.2, -0.15) is 4.98 Å². The van der Waals surface area contributed by atoms with Crippen LogP contribution in [-0.4, -0.2) is 23.2 Å². The first kappa shape index (κ1) is 17.0. The summed E-state index contributed by atoms with van der Waals surface area (Å²) in [6.07, 6.45) is 0.211. The largest absolute Gasteiger partial charge is 0.496 e. The fourth-order valence-electron chi connectivity index (χ4n) is 2.30. The quantitative estimate of drug-likeness (QED) is 0.732. The molecule has 0 aliphatic carbocycles. The van der Waals surface area contributed by atoms with Crippen LogP contribution in [-0.2, 0) is 17.8 Å². The molecular formula is C18H16ClN3O3. The highest BCUT2D eigenvalue weighted by Gasteiger charge is 2.11. The van der Waals surface area contributed by atoms with E-state index in [4.69, 9.17) is 20.9 Å². The van der Waals surface area contributed by atoms with Crippen molar-refractivity contribution in [2.75, 3.05) is 7.11 Å². The van der Waals surface area contributed by atoms with Gasteiger partial charge < -0.3 is 14.6 Å². The van der Waals surface area contributed by atoms with E-state index in [1.165, 1.54) is 0 Å². The molecule has 0 aliphatic heterocycles. The number of amides is 1. The zero-order valence-corrected chi connectivity index (χ0v) is 14.3. The Morgan fingerprint density at radius 3 is 2.72 bits per heavy atom. The van der Waals surface area contributed by atoms with Crippen LogP contribution in [0.4, 0.5) is 0 Å². The van der Waals surface area contributed by atoms with E-state index in [-0.39, 0.29) is 18.9 Å². The van der Waals surface area contributed by atoms with Gasteiger partial charge in [0.2, 0.25) is 17.6 Å². The molecule has 0 atom stereocenters. The van der Waals surface area contributed by atoms with Crippen LogP contribution in [0, 0.1) is 0 Å². The standard InChI is InChI=1S/C18H16ClN3O3/c1-24-15-5-3-2-4-13(15)10-16(23)20-11-17-21-18(22-25-17)12-6-8-14(19)9-7-12/h2-9H,10-11H2,1H3,(H,20,23). The summed E-state index contributed by atoms with van der Waals surface area (Å²) in [6.45, 7) is 0.161. The van der Waals surface area contributed by atoms with E-state index in [2.05, 4.69) is 15.5 Å². The van der Waals surface area contributed by atoms with Gasteiger partial charge in [0.05, 0.1) is 20.1 Å². The topological polar surface area (TPSA) is 77.2 Å². The number of methoxy groups -OCH3 is 1. The molecule has 1 N–H and O–H groups in total. The van der Waals surface area contributed by atoms with Gasteiger partial charge in [0.15, 0.2) is 0 Å². The van der Waals surface area contributed by atoms with Crippen LogP contribution in [0.3, 0.4) is 0 Å². The van der Waals surface area contributed by atoms with Crippen LogP contribution in [0.2, 0.25) is 5.02 Å². The molecule has 0 bridgehead atoms. The van der Waals surface area contributed by atoms with Gasteiger partial charge in [-0.3, -0.25) is 4.79 Å². The van der Waals surface area contributed by atoms with E-state index in [0.29, 0.717) is 22.5 Å². The van der Waals surface area contributed by atoms with E-state index in [1.807, 2.05) is 24.3 Å². The fourth-order valence-corrected chi connectivity index (χ4v) is 2.43. The lowest BCUT2D eigenvalue weighted by Crippen LogP contribution is -2.24. The number of nitrogens with one attached hydrogen (secondary N) is 1. The molecule has 3 rings (SSSR count). The van der Waals surface area contributed by atoms with Gasteiger partial charge in [-0.15, -0.1) is 0 Å². The Labute approximate surface area is 149 Å².